The van der Waals surface area contributed by atoms with Crippen molar-refractivity contribution in [3.63, 3.8) is 0 Å². The first-order chi connectivity index (χ1) is 11.1. The molecule has 0 radical (unpaired) electrons. The highest BCUT2D eigenvalue weighted by molar-refractivity contribution is 8.14. The molecule has 7 heteroatoms. The number of benzene rings is 1. The fraction of sp³-hybridized carbons (Fsp3) is 0.438. The number of anilines is 1. The molecule has 0 saturated carbocycles. The average Bonchev–Trinajstić information content (AvgIpc) is 2.56. The van der Waals surface area contributed by atoms with Crippen LogP contribution in [0.4, 0.5) is 5.69 Å². The molecule has 1 heterocycles. The molecule has 0 bridgehead atoms. The number of rotatable bonds is 6. The third-order valence-electron chi connectivity index (χ3n) is 3.20. The summed E-state index contributed by atoms with van der Waals surface area (Å²) in [7, 11) is 1.67. The zero-order valence-corrected chi connectivity index (χ0v) is 14.4. The van der Waals surface area contributed by atoms with E-state index < -0.39 is 0 Å². The summed E-state index contributed by atoms with van der Waals surface area (Å²) >= 11 is 1.62. The Morgan fingerprint density at radius 3 is 2.78 bits per heavy atom. The maximum Gasteiger partial charge on any atom is 0.224 e. The van der Waals surface area contributed by atoms with Crippen molar-refractivity contribution < 1.29 is 9.53 Å². The summed E-state index contributed by atoms with van der Waals surface area (Å²) in [5.74, 6) is 0.766. The Balaban J connectivity index is 1.98. The standard InChI is InChI=1S/C16H22N4O2S/c1-4-15(21)18-13-7-5-12(6-8-13)14-10-23-16(20-19-14)17-11(2)9-22-3/h5-8,11H,4,9-10H2,1-3H3,(H,17,20)(H,18,21)/t11-/m0/s1. The fourth-order valence-corrected chi connectivity index (χ4v) is 2.87. The van der Waals surface area contributed by atoms with Crippen LogP contribution in [0.5, 0.6) is 0 Å². The molecule has 0 spiro atoms. The summed E-state index contributed by atoms with van der Waals surface area (Å²) in [5.41, 5.74) is 5.78. The summed E-state index contributed by atoms with van der Waals surface area (Å²) < 4.78 is 5.07. The van der Waals surface area contributed by atoms with Gasteiger partial charge in [-0.2, -0.15) is 5.10 Å². The third kappa shape index (κ3) is 5.37. The van der Waals surface area contributed by atoms with Gasteiger partial charge in [0, 0.05) is 25.0 Å². The van der Waals surface area contributed by atoms with Crippen LogP contribution < -0.4 is 10.7 Å². The lowest BCUT2D eigenvalue weighted by Gasteiger charge is -2.16. The molecule has 0 unspecified atom stereocenters. The van der Waals surface area contributed by atoms with Gasteiger partial charge in [-0.15, -0.1) is 0 Å². The second-order valence-electron chi connectivity index (χ2n) is 5.18. The van der Waals surface area contributed by atoms with Crippen molar-refractivity contribution in [2.75, 3.05) is 24.8 Å². The minimum atomic E-state index is 0.0102. The van der Waals surface area contributed by atoms with Crippen molar-refractivity contribution in [1.29, 1.82) is 0 Å². The Hall–Kier alpha value is -1.86. The molecule has 1 aromatic carbocycles. The van der Waals surface area contributed by atoms with Gasteiger partial charge in [-0.05, 0) is 24.6 Å². The smallest absolute Gasteiger partial charge is 0.224 e. The highest BCUT2D eigenvalue weighted by Gasteiger charge is 2.14. The molecule has 0 aliphatic carbocycles. The number of thioether (sulfide) groups is 1. The number of amidine groups is 1. The molecule has 0 aromatic heterocycles. The van der Waals surface area contributed by atoms with Crippen LogP contribution in [0.15, 0.2) is 34.4 Å². The Morgan fingerprint density at radius 1 is 1.48 bits per heavy atom. The molecule has 1 atom stereocenters. The van der Waals surface area contributed by atoms with E-state index in [1.54, 1.807) is 18.9 Å². The first kappa shape index (κ1) is 17.5. The van der Waals surface area contributed by atoms with Crippen LogP contribution in [0, 0.1) is 0 Å². The monoisotopic (exact) mass is 334 g/mol. The third-order valence-corrected chi connectivity index (χ3v) is 4.09. The van der Waals surface area contributed by atoms with Crippen molar-refractivity contribution in [3.8, 4) is 0 Å². The van der Waals surface area contributed by atoms with E-state index in [1.807, 2.05) is 38.1 Å². The van der Waals surface area contributed by atoms with Crippen molar-refractivity contribution in [2.24, 2.45) is 10.1 Å². The SMILES string of the molecule is CCC(=O)Nc1ccc(C2=NNC(=N[C@@H](C)COC)SC2)cc1. The number of nitrogens with zero attached hydrogens (tertiary/aromatic N) is 2. The fourth-order valence-electron chi connectivity index (χ4n) is 2.00. The van der Waals surface area contributed by atoms with Gasteiger partial charge in [-0.3, -0.25) is 15.2 Å². The minimum Gasteiger partial charge on any atom is -0.382 e. The van der Waals surface area contributed by atoms with Gasteiger partial charge in [0.05, 0.1) is 18.4 Å². The van der Waals surface area contributed by atoms with Gasteiger partial charge in [0.1, 0.15) is 0 Å². The number of ether oxygens (including phenoxy) is 1. The Bertz CT molecular complexity index is 599. The zero-order valence-electron chi connectivity index (χ0n) is 13.6. The molecular formula is C16H22N4O2S. The summed E-state index contributed by atoms with van der Waals surface area (Å²) in [6, 6.07) is 7.80. The van der Waals surface area contributed by atoms with E-state index in [0.717, 1.165) is 27.9 Å². The van der Waals surface area contributed by atoms with E-state index in [1.165, 1.54) is 0 Å². The normalized spacial score (nSPS) is 17.3. The molecule has 124 valence electrons. The minimum absolute atomic E-state index is 0.0102. The zero-order chi connectivity index (χ0) is 16.7. The van der Waals surface area contributed by atoms with E-state index >= 15 is 0 Å². The van der Waals surface area contributed by atoms with Gasteiger partial charge in [0.25, 0.3) is 0 Å². The molecule has 6 nitrogen and oxygen atoms in total. The number of methoxy groups -OCH3 is 1. The number of nitrogens with one attached hydrogen (secondary N) is 2. The summed E-state index contributed by atoms with van der Waals surface area (Å²) in [6.45, 7) is 4.42. The molecule has 1 aliphatic heterocycles. The molecular weight excluding hydrogens is 312 g/mol. The van der Waals surface area contributed by atoms with Crippen molar-refractivity contribution >= 4 is 34.2 Å². The van der Waals surface area contributed by atoms with Gasteiger partial charge in [0.2, 0.25) is 5.91 Å². The van der Waals surface area contributed by atoms with Gasteiger partial charge in [0.15, 0.2) is 5.17 Å². The van der Waals surface area contributed by atoms with E-state index in [-0.39, 0.29) is 11.9 Å². The van der Waals surface area contributed by atoms with Crippen LogP contribution in [0.2, 0.25) is 0 Å². The quantitative estimate of drug-likeness (QED) is 0.838. The van der Waals surface area contributed by atoms with E-state index in [9.17, 15) is 4.79 Å². The lowest BCUT2D eigenvalue weighted by molar-refractivity contribution is -0.115. The Kier molecular flexibility index (Phi) is 6.61. The van der Waals surface area contributed by atoms with Crippen molar-refractivity contribution in [2.45, 2.75) is 26.3 Å². The second-order valence-corrected chi connectivity index (χ2v) is 6.14. The number of hydrogen-bond acceptors (Lipinski definition) is 5. The molecule has 23 heavy (non-hydrogen) atoms. The molecule has 0 fully saturated rings. The number of carbonyl (C=O) groups excluding carboxylic acids is 1. The number of carbonyl (C=O) groups is 1. The van der Waals surface area contributed by atoms with E-state index in [2.05, 4.69) is 20.8 Å². The lowest BCUT2D eigenvalue weighted by atomic mass is 10.1. The van der Waals surface area contributed by atoms with Gasteiger partial charge in [-0.1, -0.05) is 30.8 Å². The Morgan fingerprint density at radius 2 is 2.22 bits per heavy atom. The van der Waals surface area contributed by atoms with Crippen LogP contribution in [-0.2, 0) is 9.53 Å². The van der Waals surface area contributed by atoms with Crippen LogP contribution >= 0.6 is 11.8 Å². The largest absolute Gasteiger partial charge is 0.382 e. The van der Waals surface area contributed by atoms with Crippen LogP contribution in [0.1, 0.15) is 25.8 Å². The summed E-state index contributed by atoms with van der Waals surface area (Å²) in [4.78, 5) is 15.9. The second kappa shape index (κ2) is 8.69. The maximum atomic E-state index is 11.4. The molecule has 1 amide bonds. The maximum absolute atomic E-state index is 11.4. The lowest BCUT2D eigenvalue weighted by Crippen LogP contribution is -2.27. The predicted octanol–water partition coefficient (Wildman–Crippen LogP) is 2.47. The summed E-state index contributed by atoms with van der Waals surface area (Å²) in [6.07, 6.45) is 0.471. The molecule has 2 N–H and O–H groups in total. The number of amides is 1. The van der Waals surface area contributed by atoms with Crippen molar-refractivity contribution in [1.82, 2.24) is 5.43 Å². The average molecular weight is 334 g/mol. The van der Waals surface area contributed by atoms with Crippen LogP contribution in [0.3, 0.4) is 0 Å². The van der Waals surface area contributed by atoms with Gasteiger partial charge < -0.3 is 10.1 Å². The van der Waals surface area contributed by atoms with E-state index in [0.29, 0.717) is 13.0 Å². The van der Waals surface area contributed by atoms with Gasteiger partial charge >= 0.3 is 0 Å². The first-order valence-corrected chi connectivity index (χ1v) is 8.53. The van der Waals surface area contributed by atoms with Crippen LogP contribution in [-0.4, -0.2) is 42.3 Å². The van der Waals surface area contributed by atoms with Crippen molar-refractivity contribution in [3.05, 3.63) is 29.8 Å². The highest BCUT2D eigenvalue weighted by Crippen LogP contribution is 2.16. The van der Waals surface area contributed by atoms with Gasteiger partial charge in [-0.25, -0.2) is 0 Å². The molecule has 2 rings (SSSR count). The number of hydrazone groups is 1. The van der Waals surface area contributed by atoms with Crippen LogP contribution in [0.25, 0.3) is 0 Å². The van der Waals surface area contributed by atoms with E-state index in [4.69, 9.17) is 4.74 Å². The molecule has 1 aromatic rings. The highest BCUT2D eigenvalue weighted by atomic mass is 32.2. The topological polar surface area (TPSA) is 75.1 Å². The Labute approximate surface area is 140 Å². The predicted molar refractivity (Wildman–Crippen MR) is 96.3 cm³/mol. The molecule has 1 aliphatic rings. The summed E-state index contributed by atoms with van der Waals surface area (Å²) in [5, 5.41) is 8.03. The first-order valence-electron chi connectivity index (χ1n) is 7.54. The number of hydrogen-bond donors (Lipinski definition) is 2. The molecule has 0 saturated heterocycles. The number of aliphatic imine (C=N–C) groups is 1.